The number of amides is 1. The highest BCUT2D eigenvalue weighted by atomic mass is 32.2. The molecule has 0 bridgehead atoms. The maximum atomic E-state index is 12.6. The minimum atomic E-state index is -3.29. The summed E-state index contributed by atoms with van der Waals surface area (Å²) in [4.78, 5) is 14.1. The van der Waals surface area contributed by atoms with Crippen molar-refractivity contribution in [3.63, 3.8) is 0 Å². The lowest BCUT2D eigenvalue weighted by molar-refractivity contribution is -0.419. The number of aliphatic hydroxyl groups is 3. The fourth-order valence-electron chi connectivity index (χ4n) is 3.05. The van der Waals surface area contributed by atoms with E-state index in [1.54, 1.807) is 24.0 Å². The molecule has 1 aliphatic rings. The van der Waals surface area contributed by atoms with Crippen molar-refractivity contribution < 1.29 is 29.1 Å². The molecule has 0 aromatic heterocycles. The molecule has 1 fully saturated rings. The summed E-state index contributed by atoms with van der Waals surface area (Å²) < 4.78 is 19.9. The highest BCUT2D eigenvalue weighted by molar-refractivity contribution is 7.84. The van der Waals surface area contributed by atoms with Gasteiger partial charge in [0.05, 0.1) is 21.8 Å². The normalized spacial score (nSPS) is 22.0. The van der Waals surface area contributed by atoms with Gasteiger partial charge in [-0.1, -0.05) is 19.1 Å². The minimum Gasteiger partial charge on any atom is -0.417 e. The van der Waals surface area contributed by atoms with Gasteiger partial charge in [-0.25, -0.2) is 8.93 Å². The largest absolute Gasteiger partial charge is 0.453 e. The lowest BCUT2D eigenvalue weighted by atomic mass is 10.0. The summed E-state index contributed by atoms with van der Waals surface area (Å²) in [6.45, 7) is 7.91. The average Bonchev–Trinajstić information content (AvgIpc) is 2.95. The number of nitrogens with one attached hydrogen (secondary N) is 1. The van der Waals surface area contributed by atoms with E-state index in [-0.39, 0.29) is 17.7 Å². The summed E-state index contributed by atoms with van der Waals surface area (Å²) in [6, 6.07) is 5.76. The Morgan fingerprint density at radius 2 is 2.00 bits per heavy atom. The fraction of sp³-hybridized carbons (Fsp3) is 0.611. The number of benzene rings is 1. The Morgan fingerprint density at radius 1 is 1.33 bits per heavy atom. The van der Waals surface area contributed by atoms with Gasteiger partial charge in [-0.2, -0.15) is 0 Å². The second kappa shape index (κ2) is 8.24. The number of carbonyl (C=O) groups excluding carboxylic acids is 1. The minimum absolute atomic E-state index is 0.0296. The van der Waals surface area contributed by atoms with E-state index in [0.717, 1.165) is 0 Å². The number of carbonyl (C=O) groups is 1. The van der Waals surface area contributed by atoms with E-state index < -0.39 is 27.9 Å². The summed E-state index contributed by atoms with van der Waals surface area (Å²) in [5, 5.41) is 27.1. The van der Waals surface area contributed by atoms with Gasteiger partial charge in [-0.3, -0.25) is 4.79 Å². The molecule has 152 valence electrons. The highest BCUT2D eigenvalue weighted by Crippen LogP contribution is 2.35. The van der Waals surface area contributed by atoms with E-state index in [1.165, 1.54) is 12.1 Å². The van der Waals surface area contributed by atoms with Crippen LogP contribution in [0.4, 0.5) is 0 Å². The first-order valence-electron chi connectivity index (χ1n) is 8.86. The van der Waals surface area contributed by atoms with Crippen LogP contribution in [0.2, 0.25) is 0 Å². The zero-order chi connectivity index (χ0) is 20.4. The Kier molecular flexibility index (Phi) is 6.64. The van der Waals surface area contributed by atoms with Crippen molar-refractivity contribution >= 4 is 16.9 Å². The smallest absolute Gasteiger partial charge is 0.417 e. The van der Waals surface area contributed by atoms with Crippen molar-refractivity contribution in [2.24, 2.45) is 0 Å². The van der Waals surface area contributed by atoms with Crippen molar-refractivity contribution in [2.45, 2.75) is 63.5 Å². The molecule has 2 rings (SSSR count). The predicted molar refractivity (Wildman–Crippen MR) is 101 cm³/mol. The average molecular weight is 400 g/mol. The van der Waals surface area contributed by atoms with Crippen LogP contribution in [0.15, 0.2) is 24.3 Å². The number of nitrogens with zero attached hydrogens (tertiary/aromatic N) is 1. The van der Waals surface area contributed by atoms with Crippen LogP contribution in [0, 0.1) is 0 Å². The Bertz CT molecular complexity index is 698. The first-order valence-corrected chi connectivity index (χ1v) is 10.0. The molecule has 1 aliphatic heterocycles. The molecule has 0 radical (unpaired) electrons. The van der Waals surface area contributed by atoms with Crippen LogP contribution in [-0.4, -0.2) is 53.8 Å². The fourth-order valence-corrected chi connectivity index (χ4v) is 3.92. The van der Waals surface area contributed by atoms with Crippen molar-refractivity contribution in [1.29, 1.82) is 0 Å². The van der Waals surface area contributed by atoms with Gasteiger partial charge in [0.15, 0.2) is 0 Å². The van der Waals surface area contributed by atoms with Crippen LogP contribution in [0.1, 0.15) is 52.1 Å². The van der Waals surface area contributed by atoms with Crippen LogP contribution in [0.3, 0.4) is 0 Å². The van der Waals surface area contributed by atoms with Crippen LogP contribution in [-0.2, 0) is 15.8 Å². The Hall–Kier alpha value is -1.52. The van der Waals surface area contributed by atoms with Crippen LogP contribution >= 0.6 is 0 Å². The lowest BCUT2D eigenvalue weighted by Crippen LogP contribution is -2.43. The van der Waals surface area contributed by atoms with Crippen molar-refractivity contribution in [3.8, 4) is 5.75 Å². The molecule has 1 saturated heterocycles. The van der Waals surface area contributed by atoms with Gasteiger partial charge in [-0.05, 0) is 44.9 Å². The van der Waals surface area contributed by atoms with E-state index in [0.29, 0.717) is 24.9 Å². The molecule has 3 atom stereocenters. The van der Waals surface area contributed by atoms with Crippen molar-refractivity contribution in [1.82, 2.24) is 9.62 Å². The molecular formula is C18H28N2O6S. The third kappa shape index (κ3) is 5.73. The third-order valence-electron chi connectivity index (χ3n) is 4.29. The second-order valence-electron chi connectivity index (χ2n) is 7.53. The van der Waals surface area contributed by atoms with Gasteiger partial charge in [0.25, 0.3) is 0 Å². The van der Waals surface area contributed by atoms with Crippen LogP contribution < -0.4 is 9.46 Å². The molecule has 2 unspecified atom stereocenters. The van der Waals surface area contributed by atoms with Gasteiger partial charge in [-0.15, -0.1) is 0 Å². The molecule has 1 amide bonds. The molecule has 1 aromatic carbocycles. The van der Waals surface area contributed by atoms with Crippen molar-refractivity contribution in [3.05, 3.63) is 29.8 Å². The van der Waals surface area contributed by atoms with Crippen LogP contribution in [0.5, 0.6) is 5.75 Å². The van der Waals surface area contributed by atoms with Gasteiger partial charge in [0, 0.05) is 19.0 Å². The molecule has 0 spiro atoms. The first-order chi connectivity index (χ1) is 12.4. The van der Waals surface area contributed by atoms with Gasteiger partial charge in [0.1, 0.15) is 5.75 Å². The number of rotatable bonds is 6. The molecule has 1 aromatic rings. The molecule has 0 saturated carbocycles. The summed E-state index contributed by atoms with van der Waals surface area (Å²) in [5.74, 6) is 0.00414. The zero-order valence-corrected chi connectivity index (χ0v) is 16.8. The number of ether oxygens (including phenoxy) is 1. The predicted octanol–water partition coefficient (Wildman–Crippen LogP) is 0.757. The Labute approximate surface area is 161 Å². The van der Waals surface area contributed by atoms with Gasteiger partial charge < -0.3 is 25.0 Å². The SMILES string of the molecule is CCC(=O)N1CC[C@@H](NS(=O)C(C)(C)C)C1c1cccc(OC(O)(O)O)c1. The molecule has 27 heavy (non-hydrogen) atoms. The van der Waals surface area contributed by atoms with E-state index in [1.807, 2.05) is 20.8 Å². The second-order valence-corrected chi connectivity index (χ2v) is 9.53. The summed E-state index contributed by atoms with van der Waals surface area (Å²) in [5.41, 5.74) is 0.680. The first kappa shape index (κ1) is 21.8. The number of hydrogen-bond acceptors (Lipinski definition) is 6. The number of likely N-dealkylation sites (tertiary alicyclic amines) is 1. The van der Waals surface area contributed by atoms with Gasteiger partial charge >= 0.3 is 6.16 Å². The lowest BCUT2D eigenvalue weighted by Gasteiger charge is -2.30. The van der Waals surface area contributed by atoms with E-state index in [4.69, 9.17) is 15.3 Å². The maximum Gasteiger partial charge on any atom is 0.453 e. The molecule has 9 heteroatoms. The molecule has 1 heterocycles. The van der Waals surface area contributed by atoms with E-state index in [9.17, 15) is 9.00 Å². The third-order valence-corrected chi connectivity index (χ3v) is 5.92. The molecule has 0 aliphatic carbocycles. The monoisotopic (exact) mass is 400 g/mol. The Balaban J connectivity index is 2.35. The van der Waals surface area contributed by atoms with Crippen molar-refractivity contribution in [2.75, 3.05) is 6.54 Å². The zero-order valence-electron chi connectivity index (χ0n) is 16.0. The quantitative estimate of drug-likeness (QED) is 0.524. The van der Waals surface area contributed by atoms with Gasteiger partial charge in [0.2, 0.25) is 5.91 Å². The topological polar surface area (TPSA) is 119 Å². The van der Waals surface area contributed by atoms with E-state index >= 15 is 0 Å². The summed E-state index contributed by atoms with van der Waals surface area (Å²) >= 11 is 0. The van der Waals surface area contributed by atoms with Crippen LogP contribution in [0.25, 0.3) is 0 Å². The van der Waals surface area contributed by atoms with E-state index in [2.05, 4.69) is 9.46 Å². The Morgan fingerprint density at radius 3 is 2.56 bits per heavy atom. The summed E-state index contributed by atoms with van der Waals surface area (Å²) in [6.07, 6.45) is -2.32. The maximum absolute atomic E-state index is 12.6. The number of hydrogen-bond donors (Lipinski definition) is 4. The molecular weight excluding hydrogens is 372 g/mol. The summed E-state index contributed by atoms with van der Waals surface area (Å²) in [7, 11) is -1.31. The molecule has 4 N–H and O–H groups in total. The standard InChI is InChI=1S/C18H28N2O6S/c1-5-15(21)20-10-9-14(19-27(25)17(2,3)4)16(20)12-7-6-8-13(11-12)26-18(22,23)24/h6-8,11,14,16,19,22-24H,5,9-10H2,1-4H3/t14-,16?,27?/m1/s1. The molecule has 8 nitrogen and oxygen atoms in total. The highest BCUT2D eigenvalue weighted by Gasteiger charge is 2.39.